The molecule has 0 saturated heterocycles. The summed E-state index contributed by atoms with van der Waals surface area (Å²) in [6.45, 7) is 0. The molecule has 0 aliphatic carbocycles. The van der Waals surface area contributed by atoms with E-state index in [9.17, 15) is 4.39 Å². The van der Waals surface area contributed by atoms with Crippen molar-refractivity contribution in [1.82, 2.24) is 10.2 Å². The van der Waals surface area contributed by atoms with Crippen LogP contribution in [-0.2, 0) is 0 Å². The van der Waals surface area contributed by atoms with Crippen LogP contribution >= 0.6 is 22.6 Å². The minimum absolute atomic E-state index is 0.242. The second-order valence-electron chi connectivity index (χ2n) is 2.55. The average molecular weight is 292 g/mol. The van der Waals surface area contributed by atoms with E-state index in [2.05, 4.69) is 32.8 Å². The number of nitrogens with zero attached hydrogens (tertiary/aromatic N) is 1. The highest BCUT2D eigenvalue weighted by Crippen LogP contribution is 2.25. The van der Waals surface area contributed by atoms with Crippen LogP contribution in [0.1, 0.15) is 0 Å². The summed E-state index contributed by atoms with van der Waals surface area (Å²) < 4.78 is 18.8. The molecule has 0 aliphatic heterocycles. The predicted molar refractivity (Wildman–Crippen MR) is 55.3 cm³/mol. The molecule has 3 nitrogen and oxygen atoms in total. The van der Waals surface area contributed by atoms with E-state index in [-0.39, 0.29) is 11.6 Å². The minimum Gasteiger partial charge on any atom is -0.494 e. The predicted octanol–water partition coefficient (Wildman–Crippen LogP) is 2.32. The molecule has 13 heavy (non-hydrogen) atoms. The summed E-state index contributed by atoms with van der Waals surface area (Å²) in [6.07, 6.45) is 0. The van der Waals surface area contributed by atoms with Crippen LogP contribution in [0, 0.1) is 9.52 Å². The zero-order valence-corrected chi connectivity index (χ0v) is 8.92. The molecule has 0 amide bonds. The Kier molecular flexibility index (Phi) is 2.10. The van der Waals surface area contributed by atoms with Gasteiger partial charge in [0, 0.05) is 11.5 Å². The normalized spacial score (nSPS) is 10.7. The monoisotopic (exact) mass is 292 g/mol. The van der Waals surface area contributed by atoms with E-state index in [0.717, 1.165) is 9.09 Å². The fourth-order valence-corrected chi connectivity index (χ4v) is 1.71. The highest BCUT2D eigenvalue weighted by atomic mass is 127. The first-order chi connectivity index (χ1) is 6.22. The Morgan fingerprint density at radius 1 is 1.54 bits per heavy atom. The van der Waals surface area contributed by atoms with Crippen LogP contribution in [0.5, 0.6) is 5.75 Å². The maximum absolute atomic E-state index is 13.2. The second kappa shape index (κ2) is 3.13. The van der Waals surface area contributed by atoms with Gasteiger partial charge >= 0.3 is 0 Å². The summed E-state index contributed by atoms with van der Waals surface area (Å²) in [5.41, 5.74) is 0.683. The van der Waals surface area contributed by atoms with Gasteiger partial charge in [0.2, 0.25) is 0 Å². The first kappa shape index (κ1) is 8.74. The Labute approximate surface area is 87.4 Å². The number of halogens is 2. The van der Waals surface area contributed by atoms with Crippen molar-refractivity contribution in [3.63, 3.8) is 0 Å². The number of H-pyrrole nitrogens is 1. The van der Waals surface area contributed by atoms with Gasteiger partial charge < -0.3 is 4.74 Å². The van der Waals surface area contributed by atoms with Gasteiger partial charge in [0.25, 0.3) is 0 Å². The highest BCUT2D eigenvalue weighted by Gasteiger charge is 2.08. The van der Waals surface area contributed by atoms with Gasteiger partial charge in [-0.1, -0.05) is 0 Å². The minimum atomic E-state index is -0.380. The van der Waals surface area contributed by atoms with Crippen LogP contribution < -0.4 is 4.74 Å². The molecule has 1 N–H and O–H groups in total. The Balaban J connectivity index is 2.77. The standard InChI is InChI=1S/C8H6FIN2O/c1-13-7-2-4-6(3-5(7)9)11-12-8(4)10/h2-3H,1H3,(H,11,12). The Bertz CT molecular complexity index is 455. The van der Waals surface area contributed by atoms with Gasteiger partial charge in [-0.2, -0.15) is 5.10 Å². The third-order valence-electron chi connectivity index (χ3n) is 1.79. The smallest absolute Gasteiger partial charge is 0.167 e. The molecule has 1 aromatic heterocycles. The van der Waals surface area contributed by atoms with Crippen molar-refractivity contribution in [2.24, 2.45) is 0 Å². The van der Waals surface area contributed by atoms with Crippen molar-refractivity contribution in [1.29, 1.82) is 0 Å². The van der Waals surface area contributed by atoms with Crippen molar-refractivity contribution >= 4 is 33.5 Å². The molecule has 0 bridgehead atoms. The van der Waals surface area contributed by atoms with Crippen LogP contribution in [0.15, 0.2) is 12.1 Å². The van der Waals surface area contributed by atoms with Gasteiger partial charge in [-0.25, -0.2) is 4.39 Å². The van der Waals surface area contributed by atoms with Gasteiger partial charge in [0.1, 0.15) is 3.70 Å². The van der Waals surface area contributed by atoms with Crippen LogP contribution in [0.3, 0.4) is 0 Å². The van der Waals surface area contributed by atoms with Gasteiger partial charge in [-0.15, -0.1) is 0 Å². The van der Waals surface area contributed by atoms with Crippen LogP contribution in [0.25, 0.3) is 10.9 Å². The van der Waals surface area contributed by atoms with Crippen molar-refractivity contribution in [3.05, 3.63) is 21.7 Å². The van der Waals surface area contributed by atoms with Gasteiger partial charge in [0.05, 0.1) is 12.6 Å². The lowest BCUT2D eigenvalue weighted by molar-refractivity contribution is 0.387. The summed E-state index contributed by atoms with van der Waals surface area (Å²) in [7, 11) is 1.44. The number of nitrogens with one attached hydrogen (secondary N) is 1. The molecular weight excluding hydrogens is 286 g/mol. The van der Waals surface area contributed by atoms with Crippen molar-refractivity contribution in [2.45, 2.75) is 0 Å². The summed E-state index contributed by atoms with van der Waals surface area (Å²) >= 11 is 2.08. The molecular formula is C8H6FIN2O. The van der Waals surface area contributed by atoms with Crippen molar-refractivity contribution < 1.29 is 9.13 Å². The lowest BCUT2D eigenvalue weighted by atomic mass is 10.2. The van der Waals surface area contributed by atoms with Gasteiger partial charge in [0.15, 0.2) is 11.6 Å². The third-order valence-corrected chi connectivity index (χ3v) is 2.61. The fraction of sp³-hybridized carbons (Fsp3) is 0.125. The maximum Gasteiger partial charge on any atom is 0.167 e. The highest BCUT2D eigenvalue weighted by molar-refractivity contribution is 14.1. The largest absolute Gasteiger partial charge is 0.494 e. The number of methoxy groups -OCH3 is 1. The van der Waals surface area contributed by atoms with Crippen LogP contribution in [0.2, 0.25) is 0 Å². The molecule has 0 unspecified atom stereocenters. The Morgan fingerprint density at radius 3 is 3.00 bits per heavy atom. The number of aromatic amines is 1. The zero-order chi connectivity index (χ0) is 9.42. The molecule has 5 heteroatoms. The van der Waals surface area contributed by atoms with E-state index in [4.69, 9.17) is 4.74 Å². The number of hydrogen-bond acceptors (Lipinski definition) is 2. The number of ether oxygens (including phenoxy) is 1. The van der Waals surface area contributed by atoms with Crippen LogP contribution in [-0.4, -0.2) is 17.3 Å². The Morgan fingerprint density at radius 2 is 2.31 bits per heavy atom. The summed E-state index contributed by atoms with van der Waals surface area (Å²) in [5, 5.41) is 7.55. The first-order valence-corrected chi connectivity index (χ1v) is 4.67. The summed E-state index contributed by atoms with van der Waals surface area (Å²) in [5.74, 6) is -0.137. The summed E-state index contributed by atoms with van der Waals surface area (Å²) in [6, 6.07) is 3.01. The lowest BCUT2D eigenvalue weighted by Gasteiger charge is -2.00. The molecule has 0 spiro atoms. The molecule has 2 rings (SSSR count). The zero-order valence-electron chi connectivity index (χ0n) is 6.77. The molecule has 0 radical (unpaired) electrons. The number of aromatic nitrogens is 2. The summed E-state index contributed by atoms with van der Waals surface area (Å²) in [4.78, 5) is 0. The fourth-order valence-electron chi connectivity index (χ4n) is 1.14. The number of rotatable bonds is 1. The third kappa shape index (κ3) is 1.37. The Hall–Kier alpha value is -0.850. The molecule has 1 aromatic carbocycles. The molecule has 0 atom stereocenters. The molecule has 0 saturated carbocycles. The van der Waals surface area contributed by atoms with Crippen molar-refractivity contribution in [3.8, 4) is 5.75 Å². The van der Waals surface area contributed by atoms with E-state index in [0.29, 0.717) is 5.52 Å². The van der Waals surface area contributed by atoms with E-state index < -0.39 is 0 Å². The van der Waals surface area contributed by atoms with E-state index in [1.54, 1.807) is 6.07 Å². The van der Waals surface area contributed by atoms with E-state index in [1.165, 1.54) is 13.2 Å². The quantitative estimate of drug-likeness (QED) is 0.819. The maximum atomic E-state index is 13.2. The van der Waals surface area contributed by atoms with E-state index >= 15 is 0 Å². The molecule has 1 heterocycles. The SMILES string of the molecule is COc1cc2c(I)n[nH]c2cc1F. The van der Waals surface area contributed by atoms with Crippen molar-refractivity contribution in [2.75, 3.05) is 7.11 Å². The van der Waals surface area contributed by atoms with Crippen LogP contribution in [0.4, 0.5) is 4.39 Å². The van der Waals surface area contributed by atoms with Gasteiger partial charge in [-0.3, -0.25) is 5.10 Å². The average Bonchev–Trinajstić information content (AvgIpc) is 2.46. The number of fused-ring (bicyclic) bond motifs is 1. The lowest BCUT2D eigenvalue weighted by Crippen LogP contribution is -1.87. The topological polar surface area (TPSA) is 37.9 Å². The molecule has 0 fully saturated rings. The number of hydrogen-bond donors (Lipinski definition) is 1. The first-order valence-electron chi connectivity index (χ1n) is 3.59. The second-order valence-corrected chi connectivity index (χ2v) is 3.57. The molecule has 0 aliphatic rings. The van der Waals surface area contributed by atoms with E-state index in [1.807, 2.05) is 0 Å². The number of benzene rings is 1. The molecule has 2 aromatic rings. The molecule has 68 valence electrons. The van der Waals surface area contributed by atoms with Gasteiger partial charge in [-0.05, 0) is 28.7 Å².